The smallest absolute Gasteiger partial charge is 0.345 e. The minimum absolute atomic E-state index is 0.0249. The molecule has 0 saturated heterocycles. The van der Waals surface area contributed by atoms with Crippen molar-refractivity contribution in [2.24, 2.45) is 0 Å². The Morgan fingerprint density at radius 1 is 1.13 bits per heavy atom. The van der Waals surface area contributed by atoms with Crippen molar-refractivity contribution in [2.45, 2.75) is 37.0 Å². The van der Waals surface area contributed by atoms with E-state index in [2.05, 4.69) is 0 Å². The summed E-state index contributed by atoms with van der Waals surface area (Å²) in [5.41, 5.74) is -0.521. The highest BCUT2D eigenvalue weighted by atomic mass is 35.5. The highest BCUT2D eigenvalue weighted by Gasteiger charge is 2.22. The molecule has 0 aliphatic heterocycles. The molecule has 2 heterocycles. The molecule has 8 nitrogen and oxygen atoms in total. The van der Waals surface area contributed by atoms with Crippen molar-refractivity contribution < 1.29 is 32.4 Å². The minimum atomic E-state index is -4.51. The molecule has 2 aromatic heterocycles. The number of fused-ring (bicyclic) bond motifs is 1. The van der Waals surface area contributed by atoms with Crippen molar-refractivity contribution in [1.82, 2.24) is 0 Å². The number of phenols is 1. The average Bonchev–Trinajstić information content (AvgIpc) is 3.06. The zero-order valence-corrected chi connectivity index (χ0v) is 17.8. The Kier molecular flexibility index (Phi) is 6.51. The monoisotopic (exact) mass is 472 g/mol. The molecule has 1 aromatic carbocycles. The van der Waals surface area contributed by atoms with Gasteiger partial charge in [0.25, 0.3) is 10.1 Å². The third kappa shape index (κ3) is 5.01. The van der Waals surface area contributed by atoms with Gasteiger partial charge in [-0.3, -0.25) is 9.35 Å². The summed E-state index contributed by atoms with van der Waals surface area (Å²) < 4.78 is 38.4. The summed E-state index contributed by atoms with van der Waals surface area (Å²) in [6, 6.07) is 5.32. The zero-order chi connectivity index (χ0) is 22.1. The Hall–Kier alpha value is -2.40. The van der Waals surface area contributed by atoms with E-state index in [1.807, 2.05) is 0 Å². The van der Waals surface area contributed by atoms with Crippen LogP contribution in [0.25, 0.3) is 21.4 Å². The van der Waals surface area contributed by atoms with Crippen LogP contribution in [0.4, 0.5) is 0 Å². The topological polar surface area (TPSA) is 142 Å². The number of halogens is 1. The molecule has 0 aliphatic rings. The molecule has 0 saturated carbocycles. The zero-order valence-electron chi connectivity index (χ0n) is 15.4. The van der Waals surface area contributed by atoms with Crippen LogP contribution in [-0.4, -0.2) is 29.2 Å². The predicted molar refractivity (Wildman–Crippen MR) is 112 cm³/mol. The van der Waals surface area contributed by atoms with Gasteiger partial charge in [-0.05, 0) is 37.5 Å². The Morgan fingerprint density at radius 2 is 1.87 bits per heavy atom. The summed E-state index contributed by atoms with van der Waals surface area (Å²) >= 11 is 6.94. The van der Waals surface area contributed by atoms with Crippen LogP contribution in [0.1, 0.15) is 30.6 Å². The quantitative estimate of drug-likeness (QED) is 0.250. The molecule has 0 radical (unpaired) electrons. The first-order chi connectivity index (χ1) is 14.1. The predicted octanol–water partition coefficient (Wildman–Crippen LogP) is 4.31. The van der Waals surface area contributed by atoms with Gasteiger partial charge >= 0.3 is 11.6 Å². The molecule has 3 aromatic rings. The number of phenolic OH excluding ortho intramolecular Hbond substituents is 1. The van der Waals surface area contributed by atoms with Crippen LogP contribution in [0.5, 0.6) is 5.75 Å². The van der Waals surface area contributed by atoms with E-state index in [-0.39, 0.29) is 33.2 Å². The number of benzene rings is 1. The molecule has 0 unspecified atom stereocenters. The number of rotatable bonds is 8. The van der Waals surface area contributed by atoms with Gasteiger partial charge in [0.05, 0.1) is 10.6 Å². The van der Waals surface area contributed by atoms with Crippen LogP contribution in [0.2, 0.25) is 5.02 Å². The Morgan fingerprint density at radius 3 is 2.53 bits per heavy atom. The number of carbonyl (C=O) groups is 1. The third-order valence-corrected chi connectivity index (χ3v) is 6.99. The van der Waals surface area contributed by atoms with Crippen LogP contribution in [-0.2, 0) is 21.3 Å². The van der Waals surface area contributed by atoms with E-state index >= 15 is 0 Å². The van der Waals surface area contributed by atoms with Crippen molar-refractivity contribution in [3.8, 4) is 16.2 Å². The van der Waals surface area contributed by atoms with Crippen molar-refractivity contribution in [1.29, 1.82) is 0 Å². The molecule has 0 aliphatic carbocycles. The number of aryl methyl sites for hydroxylation is 1. The summed E-state index contributed by atoms with van der Waals surface area (Å²) in [5, 5.41) is 18.8. The number of hydrogen-bond acceptors (Lipinski definition) is 7. The molecule has 0 spiro atoms. The van der Waals surface area contributed by atoms with Gasteiger partial charge in [-0.1, -0.05) is 18.0 Å². The first kappa shape index (κ1) is 22.3. The van der Waals surface area contributed by atoms with E-state index < -0.39 is 21.7 Å². The maximum absolute atomic E-state index is 12.4. The van der Waals surface area contributed by atoms with Crippen LogP contribution < -0.4 is 5.63 Å². The Labute approximate surface area is 180 Å². The Balaban J connectivity index is 1.97. The normalized spacial score (nSPS) is 11.8. The van der Waals surface area contributed by atoms with Crippen LogP contribution in [0.3, 0.4) is 0 Å². The molecular formula is C19H17ClO8S2. The van der Waals surface area contributed by atoms with Crippen molar-refractivity contribution >= 4 is 50.0 Å². The summed E-state index contributed by atoms with van der Waals surface area (Å²) in [6.45, 7) is 0. The first-order valence-corrected chi connectivity index (χ1v) is 11.5. The SMILES string of the molecule is O=C(O)CCCCCc1sc(-c2cc3cc(Cl)c(O)cc3oc2=O)cc1S(=O)(=O)O. The van der Waals surface area contributed by atoms with Gasteiger partial charge in [0.1, 0.15) is 16.2 Å². The minimum Gasteiger partial charge on any atom is -0.506 e. The van der Waals surface area contributed by atoms with Crippen molar-refractivity contribution in [3.63, 3.8) is 0 Å². The van der Waals surface area contributed by atoms with Gasteiger partial charge in [0.15, 0.2) is 0 Å². The second-order valence-corrected chi connectivity index (χ2v) is 9.55. The fraction of sp³-hybridized carbons (Fsp3) is 0.263. The lowest BCUT2D eigenvalue weighted by Gasteiger charge is -2.02. The van der Waals surface area contributed by atoms with Crippen LogP contribution in [0, 0.1) is 0 Å². The second kappa shape index (κ2) is 8.76. The third-order valence-electron chi connectivity index (χ3n) is 4.41. The van der Waals surface area contributed by atoms with Crippen molar-refractivity contribution in [3.05, 3.63) is 44.6 Å². The molecule has 0 bridgehead atoms. The highest BCUT2D eigenvalue weighted by molar-refractivity contribution is 7.86. The lowest BCUT2D eigenvalue weighted by Crippen LogP contribution is -2.02. The van der Waals surface area contributed by atoms with E-state index in [1.54, 1.807) is 0 Å². The highest BCUT2D eigenvalue weighted by Crippen LogP contribution is 2.36. The number of unbranched alkanes of at least 4 members (excludes halogenated alkanes) is 2. The molecule has 0 atom stereocenters. The van der Waals surface area contributed by atoms with E-state index in [4.69, 9.17) is 21.1 Å². The van der Waals surface area contributed by atoms with Gasteiger partial charge in [0, 0.05) is 27.6 Å². The van der Waals surface area contributed by atoms with Gasteiger partial charge in [-0.15, -0.1) is 11.3 Å². The van der Waals surface area contributed by atoms with Gasteiger partial charge in [0.2, 0.25) is 0 Å². The summed E-state index contributed by atoms with van der Waals surface area (Å²) in [6.07, 6.45) is 1.88. The first-order valence-electron chi connectivity index (χ1n) is 8.85. The molecule has 0 fully saturated rings. The molecule has 11 heteroatoms. The Bertz CT molecular complexity index is 1270. The fourth-order valence-electron chi connectivity index (χ4n) is 2.98. The van der Waals surface area contributed by atoms with Gasteiger partial charge in [-0.25, -0.2) is 4.79 Å². The molecule has 0 amide bonds. The lowest BCUT2D eigenvalue weighted by atomic mass is 10.1. The second-order valence-electron chi connectivity index (χ2n) is 6.62. The molecule has 160 valence electrons. The summed E-state index contributed by atoms with van der Waals surface area (Å²) in [4.78, 5) is 23.4. The number of aliphatic carboxylic acids is 1. The fourth-order valence-corrected chi connectivity index (χ4v) is 5.42. The molecular weight excluding hydrogens is 456 g/mol. The van der Waals surface area contributed by atoms with Crippen LogP contribution in [0.15, 0.2) is 38.4 Å². The largest absolute Gasteiger partial charge is 0.506 e. The number of carboxylic acid groups (broad SMARTS) is 1. The van der Waals surface area contributed by atoms with Crippen LogP contribution >= 0.6 is 22.9 Å². The van der Waals surface area contributed by atoms with E-state index in [9.17, 15) is 27.7 Å². The van der Waals surface area contributed by atoms with Crippen molar-refractivity contribution in [2.75, 3.05) is 0 Å². The summed E-state index contributed by atoms with van der Waals surface area (Å²) in [7, 11) is -4.51. The van der Waals surface area contributed by atoms with E-state index in [0.717, 1.165) is 11.3 Å². The number of aromatic hydroxyl groups is 1. The number of carboxylic acids is 1. The lowest BCUT2D eigenvalue weighted by molar-refractivity contribution is -0.137. The van der Waals surface area contributed by atoms with E-state index in [0.29, 0.717) is 40.8 Å². The molecule has 3 rings (SSSR count). The maximum Gasteiger partial charge on any atom is 0.345 e. The summed E-state index contributed by atoms with van der Waals surface area (Å²) in [5.74, 6) is -1.14. The van der Waals surface area contributed by atoms with Gasteiger partial charge < -0.3 is 14.6 Å². The van der Waals surface area contributed by atoms with E-state index in [1.165, 1.54) is 24.3 Å². The average molecular weight is 473 g/mol. The molecule has 3 N–H and O–H groups in total. The standard InChI is InChI=1S/C19H17ClO8S2/c20-12-7-10-6-11(19(24)28-14(10)8-13(12)21)16-9-17(30(25,26)27)15(29-16)4-2-1-3-5-18(22)23/h6-9,21H,1-5H2,(H,22,23)(H,25,26,27). The number of hydrogen-bond donors (Lipinski definition) is 3. The maximum atomic E-state index is 12.4. The number of thiophene rings is 1. The van der Waals surface area contributed by atoms with Gasteiger partial charge in [-0.2, -0.15) is 8.42 Å². The molecule has 30 heavy (non-hydrogen) atoms.